The zero-order chi connectivity index (χ0) is 20.0. The summed E-state index contributed by atoms with van der Waals surface area (Å²) in [6.45, 7) is 4.91. The minimum Gasteiger partial charge on any atom is -0.338 e. The van der Waals surface area contributed by atoms with E-state index < -0.39 is 15.3 Å². The van der Waals surface area contributed by atoms with Crippen molar-refractivity contribution in [2.45, 2.75) is 24.5 Å². The molecule has 3 fully saturated rings. The maximum absolute atomic E-state index is 12.9. The maximum Gasteiger partial charge on any atom is 0.241 e. The van der Waals surface area contributed by atoms with Gasteiger partial charge >= 0.3 is 0 Å². The third kappa shape index (κ3) is 3.61. The van der Waals surface area contributed by atoms with Crippen molar-refractivity contribution in [3.8, 4) is 0 Å². The lowest BCUT2D eigenvalue weighted by molar-refractivity contribution is -0.129. The van der Waals surface area contributed by atoms with Crippen LogP contribution in [0.1, 0.15) is 19.3 Å². The van der Waals surface area contributed by atoms with Crippen LogP contribution < -0.4 is 4.90 Å². The van der Waals surface area contributed by atoms with Gasteiger partial charge in [-0.1, -0.05) is 12.2 Å². The van der Waals surface area contributed by atoms with Gasteiger partial charge in [-0.25, -0.2) is 22.7 Å². The highest BCUT2D eigenvalue weighted by molar-refractivity contribution is 7.90. The molecule has 1 aromatic rings. The number of anilines is 1. The number of hydrogen-bond acceptors (Lipinski definition) is 7. The molecule has 1 aromatic heterocycles. The van der Waals surface area contributed by atoms with Crippen LogP contribution in [0, 0.1) is 17.8 Å². The van der Waals surface area contributed by atoms with Gasteiger partial charge in [0, 0.05) is 45.1 Å². The van der Waals surface area contributed by atoms with Gasteiger partial charge in [-0.2, -0.15) is 0 Å². The Bertz CT molecular complexity index is 904. The zero-order valence-electron chi connectivity index (χ0n) is 16.8. The average Bonchev–Trinajstić information content (AvgIpc) is 3.41. The van der Waals surface area contributed by atoms with E-state index in [2.05, 4.69) is 19.8 Å². The Kier molecular flexibility index (Phi) is 6.05. The topological polar surface area (TPSA) is 86.7 Å². The van der Waals surface area contributed by atoms with E-state index in [0.717, 1.165) is 57.9 Å². The lowest BCUT2D eigenvalue weighted by atomic mass is 9.92. The number of halogens is 1. The van der Waals surface area contributed by atoms with E-state index in [9.17, 15) is 13.2 Å². The molecular formula is C20H28ClN5O3S. The number of aromatic nitrogens is 2. The third-order valence-corrected chi connectivity index (χ3v) is 9.17. The predicted octanol–water partition coefficient (Wildman–Crippen LogP) is 1.16. The Morgan fingerprint density at radius 3 is 2.33 bits per heavy atom. The summed E-state index contributed by atoms with van der Waals surface area (Å²) < 4.78 is 27.0. The van der Waals surface area contributed by atoms with Crippen LogP contribution in [0.2, 0.25) is 0 Å². The Hall–Kier alpha value is -1.71. The van der Waals surface area contributed by atoms with Gasteiger partial charge in [0.2, 0.25) is 21.9 Å². The van der Waals surface area contributed by atoms with Crippen LogP contribution in [-0.4, -0.2) is 78.0 Å². The second-order valence-electron chi connectivity index (χ2n) is 8.48. The fourth-order valence-electron chi connectivity index (χ4n) is 5.40. The maximum atomic E-state index is 12.9. The first-order valence-corrected chi connectivity index (χ1v) is 12.0. The number of sulfonamides is 1. The van der Waals surface area contributed by atoms with Crippen molar-refractivity contribution in [3.05, 3.63) is 30.6 Å². The highest BCUT2D eigenvalue weighted by Crippen LogP contribution is 2.52. The molecule has 0 radical (unpaired) electrons. The second kappa shape index (κ2) is 8.43. The van der Waals surface area contributed by atoms with Crippen LogP contribution in [-0.2, 0) is 14.8 Å². The summed E-state index contributed by atoms with van der Waals surface area (Å²) in [5.41, 5.74) is 0. The van der Waals surface area contributed by atoms with Gasteiger partial charge in [0.25, 0.3) is 0 Å². The van der Waals surface area contributed by atoms with Crippen LogP contribution in [0.15, 0.2) is 30.6 Å². The van der Waals surface area contributed by atoms with E-state index >= 15 is 0 Å². The van der Waals surface area contributed by atoms with Gasteiger partial charge < -0.3 is 4.90 Å². The second-order valence-corrected chi connectivity index (χ2v) is 10.5. The third-order valence-electron chi connectivity index (χ3n) is 6.86. The van der Waals surface area contributed by atoms with Gasteiger partial charge in [0.05, 0.1) is 11.2 Å². The first-order valence-electron chi connectivity index (χ1n) is 10.5. The molecule has 0 N–H and O–H groups in total. The van der Waals surface area contributed by atoms with E-state index in [4.69, 9.17) is 0 Å². The number of piperazine rings is 1. The molecule has 0 aromatic carbocycles. The van der Waals surface area contributed by atoms with Crippen molar-refractivity contribution in [2.75, 3.05) is 44.2 Å². The SMILES string of the molecule is Cl.O=C1C2C3C=CC(C3)C2S(=O)(=O)N1CCCCN1CCN(c2ncccn2)CC1. The lowest BCUT2D eigenvalue weighted by Crippen LogP contribution is -2.47. The summed E-state index contributed by atoms with van der Waals surface area (Å²) in [4.78, 5) is 25.9. The molecule has 1 saturated carbocycles. The number of fused-ring (bicyclic) bond motifs is 5. The van der Waals surface area contributed by atoms with E-state index in [0.29, 0.717) is 6.54 Å². The van der Waals surface area contributed by atoms with Gasteiger partial charge in [0.15, 0.2) is 0 Å². The van der Waals surface area contributed by atoms with Crippen LogP contribution in [0.4, 0.5) is 5.95 Å². The summed E-state index contributed by atoms with van der Waals surface area (Å²) in [5.74, 6) is 0.446. The number of unbranched alkanes of at least 4 members (excludes halogenated alkanes) is 1. The van der Waals surface area contributed by atoms with Gasteiger partial charge in [-0.05, 0) is 43.7 Å². The van der Waals surface area contributed by atoms with Gasteiger partial charge in [0.1, 0.15) is 0 Å². The number of nitrogens with zero attached hydrogens (tertiary/aromatic N) is 5. The van der Waals surface area contributed by atoms with Crippen LogP contribution in [0.5, 0.6) is 0 Å². The summed E-state index contributed by atoms with van der Waals surface area (Å²) in [6, 6.07) is 1.82. The lowest BCUT2D eigenvalue weighted by Gasteiger charge is -2.34. The average molecular weight is 454 g/mol. The molecule has 164 valence electrons. The quantitative estimate of drug-likeness (QED) is 0.472. The summed E-state index contributed by atoms with van der Waals surface area (Å²) in [7, 11) is -3.49. The fourth-order valence-corrected chi connectivity index (χ4v) is 7.78. The molecular weight excluding hydrogens is 426 g/mol. The molecule has 10 heteroatoms. The largest absolute Gasteiger partial charge is 0.338 e. The van der Waals surface area contributed by atoms with Crippen molar-refractivity contribution in [1.29, 1.82) is 0 Å². The van der Waals surface area contributed by atoms with E-state index in [1.165, 1.54) is 4.31 Å². The van der Waals surface area contributed by atoms with Crippen LogP contribution in [0.3, 0.4) is 0 Å². The molecule has 2 bridgehead atoms. The monoisotopic (exact) mass is 453 g/mol. The molecule has 4 unspecified atom stereocenters. The van der Waals surface area contributed by atoms with Crippen molar-refractivity contribution < 1.29 is 13.2 Å². The van der Waals surface area contributed by atoms with Gasteiger partial charge in [-0.3, -0.25) is 9.69 Å². The molecule has 8 nitrogen and oxygen atoms in total. The molecule has 2 aliphatic heterocycles. The van der Waals surface area contributed by atoms with Crippen molar-refractivity contribution >= 4 is 34.3 Å². The molecule has 30 heavy (non-hydrogen) atoms. The Balaban J connectivity index is 0.00000218. The Morgan fingerprint density at radius 1 is 0.967 bits per heavy atom. The highest BCUT2D eigenvalue weighted by atomic mass is 35.5. The molecule has 4 atom stereocenters. The highest BCUT2D eigenvalue weighted by Gasteiger charge is 2.62. The van der Waals surface area contributed by atoms with E-state index in [1.807, 2.05) is 18.2 Å². The smallest absolute Gasteiger partial charge is 0.241 e. The first-order chi connectivity index (χ1) is 14.1. The fraction of sp³-hybridized carbons (Fsp3) is 0.650. The summed E-state index contributed by atoms with van der Waals surface area (Å²) >= 11 is 0. The molecule has 3 heterocycles. The Labute approximate surface area is 183 Å². The summed E-state index contributed by atoms with van der Waals surface area (Å²) in [6.07, 6.45) is 10.0. The number of carbonyl (C=O) groups excluding carboxylic acids is 1. The Morgan fingerprint density at radius 2 is 1.63 bits per heavy atom. The van der Waals surface area contributed by atoms with Crippen molar-refractivity contribution in [1.82, 2.24) is 19.2 Å². The van der Waals surface area contributed by atoms with Crippen LogP contribution in [0.25, 0.3) is 0 Å². The minimum absolute atomic E-state index is 0. The first kappa shape index (κ1) is 21.5. The van der Waals surface area contributed by atoms with Crippen molar-refractivity contribution in [3.63, 3.8) is 0 Å². The molecule has 5 rings (SSSR count). The molecule has 0 spiro atoms. The minimum atomic E-state index is -3.49. The standard InChI is InChI=1S/C20H27N5O3S.ClH/c26-19-17-15-4-5-16(14-15)18(17)29(27,28)25(19)9-2-1-8-23-10-12-24(13-11-23)20-21-6-3-7-22-20;/h3-7,15-18H,1-2,8-14H2;1H. The normalized spacial score (nSPS) is 31.8. The van der Waals surface area contributed by atoms with Crippen LogP contribution >= 0.6 is 12.4 Å². The summed E-state index contributed by atoms with van der Waals surface area (Å²) in [5, 5.41) is -0.502. The van der Waals surface area contributed by atoms with Crippen molar-refractivity contribution in [2.24, 2.45) is 17.8 Å². The molecule has 2 aliphatic carbocycles. The van der Waals surface area contributed by atoms with E-state index in [1.54, 1.807) is 12.4 Å². The number of allylic oxidation sites excluding steroid dienone is 2. The van der Waals surface area contributed by atoms with Gasteiger partial charge in [-0.15, -0.1) is 12.4 Å². The molecule has 4 aliphatic rings. The molecule has 1 amide bonds. The predicted molar refractivity (Wildman–Crippen MR) is 116 cm³/mol. The number of hydrogen-bond donors (Lipinski definition) is 0. The number of amides is 1. The number of rotatable bonds is 6. The number of carbonyl (C=O) groups is 1. The molecule has 2 saturated heterocycles. The van der Waals surface area contributed by atoms with E-state index in [-0.39, 0.29) is 36.1 Å². The zero-order valence-corrected chi connectivity index (χ0v) is 18.5.